The average Bonchev–Trinajstić information content (AvgIpc) is 2.86. The highest BCUT2D eigenvalue weighted by Gasteiger charge is 2.35. The first-order chi connectivity index (χ1) is 9.84. The van der Waals surface area contributed by atoms with Crippen molar-refractivity contribution >= 4 is 21.8 Å². The number of carbonyl (C=O) groups excluding carboxylic acids is 1. The fourth-order valence-electron chi connectivity index (χ4n) is 2.59. The SMILES string of the molecule is CNCC1CCCN1C(=O)c1ccc(Br)c(C(F)(F)F)c1. The minimum atomic E-state index is -4.48. The van der Waals surface area contributed by atoms with Crippen molar-refractivity contribution in [2.24, 2.45) is 0 Å². The van der Waals surface area contributed by atoms with Crippen LogP contribution in [0.25, 0.3) is 0 Å². The van der Waals surface area contributed by atoms with Crippen LogP contribution in [0.1, 0.15) is 28.8 Å². The second kappa shape index (κ2) is 6.36. The predicted octanol–water partition coefficient (Wildman–Crippen LogP) is 3.29. The monoisotopic (exact) mass is 364 g/mol. The molecule has 1 N–H and O–H groups in total. The minimum absolute atomic E-state index is 0.0421. The van der Waals surface area contributed by atoms with E-state index in [2.05, 4.69) is 21.2 Å². The van der Waals surface area contributed by atoms with Crippen LogP contribution in [-0.4, -0.2) is 37.0 Å². The molecule has 116 valence electrons. The van der Waals surface area contributed by atoms with Crippen molar-refractivity contribution in [1.29, 1.82) is 0 Å². The Morgan fingerprint density at radius 2 is 2.19 bits per heavy atom. The van der Waals surface area contributed by atoms with Crippen molar-refractivity contribution in [3.63, 3.8) is 0 Å². The van der Waals surface area contributed by atoms with E-state index < -0.39 is 11.7 Å². The summed E-state index contributed by atoms with van der Waals surface area (Å²) in [5.41, 5.74) is -0.744. The predicted molar refractivity (Wildman–Crippen MR) is 77.1 cm³/mol. The molecule has 1 aromatic carbocycles. The van der Waals surface area contributed by atoms with Crippen molar-refractivity contribution in [1.82, 2.24) is 10.2 Å². The molecule has 3 nitrogen and oxygen atoms in total. The summed E-state index contributed by atoms with van der Waals surface area (Å²) in [7, 11) is 1.79. The molecule has 1 atom stereocenters. The third-order valence-electron chi connectivity index (χ3n) is 3.60. The number of likely N-dealkylation sites (N-methyl/N-ethyl adjacent to an activating group) is 1. The van der Waals surface area contributed by atoms with Crippen LogP contribution in [0.15, 0.2) is 22.7 Å². The Morgan fingerprint density at radius 3 is 2.81 bits per heavy atom. The molecule has 0 spiro atoms. The van der Waals surface area contributed by atoms with Gasteiger partial charge in [0.1, 0.15) is 0 Å². The van der Waals surface area contributed by atoms with Crippen molar-refractivity contribution in [2.75, 3.05) is 20.1 Å². The fraction of sp³-hybridized carbons (Fsp3) is 0.500. The maximum Gasteiger partial charge on any atom is 0.417 e. The van der Waals surface area contributed by atoms with E-state index in [4.69, 9.17) is 0 Å². The zero-order valence-corrected chi connectivity index (χ0v) is 13.1. The highest BCUT2D eigenvalue weighted by atomic mass is 79.9. The second-order valence-corrected chi connectivity index (χ2v) is 5.90. The van der Waals surface area contributed by atoms with E-state index in [1.54, 1.807) is 11.9 Å². The molecule has 1 aliphatic heterocycles. The Kier molecular flexibility index (Phi) is 4.93. The molecule has 1 fully saturated rings. The van der Waals surface area contributed by atoms with Crippen LogP contribution in [0.2, 0.25) is 0 Å². The summed E-state index contributed by atoms with van der Waals surface area (Å²) in [5, 5.41) is 3.01. The van der Waals surface area contributed by atoms with Gasteiger partial charge in [-0.2, -0.15) is 13.2 Å². The van der Waals surface area contributed by atoms with Crippen LogP contribution in [0.5, 0.6) is 0 Å². The maximum absolute atomic E-state index is 12.9. The van der Waals surface area contributed by atoms with Crippen LogP contribution in [0.4, 0.5) is 13.2 Å². The summed E-state index contributed by atoms with van der Waals surface area (Å²) in [5.74, 6) is -0.342. The van der Waals surface area contributed by atoms with Crippen molar-refractivity contribution < 1.29 is 18.0 Å². The zero-order valence-electron chi connectivity index (χ0n) is 11.5. The minimum Gasteiger partial charge on any atom is -0.334 e. The maximum atomic E-state index is 12.9. The molecule has 0 aliphatic carbocycles. The number of alkyl halides is 3. The number of hydrogen-bond acceptors (Lipinski definition) is 2. The number of benzene rings is 1. The smallest absolute Gasteiger partial charge is 0.334 e. The van der Waals surface area contributed by atoms with Crippen molar-refractivity contribution in [3.05, 3.63) is 33.8 Å². The molecule has 0 bridgehead atoms. The van der Waals surface area contributed by atoms with Gasteiger partial charge in [-0.25, -0.2) is 0 Å². The Hall–Kier alpha value is -1.08. The first kappa shape index (κ1) is 16.3. The topological polar surface area (TPSA) is 32.3 Å². The van der Waals surface area contributed by atoms with Gasteiger partial charge in [0.05, 0.1) is 5.56 Å². The number of rotatable bonds is 3. The molecule has 21 heavy (non-hydrogen) atoms. The van der Waals surface area contributed by atoms with E-state index >= 15 is 0 Å². The summed E-state index contributed by atoms with van der Waals surface area (Å²) in [6, 6.07) is 3.66. The van der Waals surface area contributed by atoms with E-state index in [0.717, 1.165) is 18.9 Å². The lowest BCUT2D eigenvalue weighted by Crippen LogP contribution is -2.40. The second-order valence-electron chi connectivity index (χ2n) is 5.04. The normalized spacial score (nSPS) is 19.1. The van der Waals surface area contributed by atoms with Crippen molar-refractivity contribution in [3.8, 4) is 0 Å². The van der Waals surface area contributed by atoms with Crippen LogP contribution < -0.4 is 5.32 Å². The molecule has 0 aromatic heterocycles. The van der Waals surface area contributed by atoms with E-state index in [1.165, 1.54) is 12.1 Å². The van der Waals surface area contributed by atoms with E-state index in [9.17, 15) is 18.0 Å². The number of amides is 1. The van der Waals surface area contributed by atoms with Crippen LogP contribution in [-0.2, 0) is 6.18 Å². The number of halogens is 4. The van der Waals surface area contributed by atoms with Gasteiger partial charge in [0.15, 0.2) is 0 Å². The van der Waals surface area contributed by atoms with Crippen LogP contribution in [0, 0.1) is 0 Å². The van der Waals surface area contributed by atoms with E-state index in [-0.39, 0.29) is 22.0 Å². The molecule has 1 aliphatic rings. The lowest BCUT2D eigenvalue weighted by Gasteiger charge is -2.25. The molecule has 1 amide bonds. The lowest BCUT2D eigenvalue weighted by molar-refractivity contribution is -0.138. The largest absolute Gasteiger partial charge is 0.417 e. The molecule has 1 unspecified atom stereocenters. The third-order valence-corrected chi connectivity index (χ3v) is 4.29. The van der Waals surface area contributed by atoms with Crippen LogP contribution >= 0.6 is 15.9 Å². The van der Waals surface area contributed by atoms with Gasteiger partial charge in [-0.15, -0.1) is 0 Å². The summed E-state index contributed by atoms with van der Waals surface area (Å²) in [6.07, 6.45) is -2.74. The Morgan fingerprint density at radius 1 is 1.48 bits per heavy atom. The fourth-order valence-corrected chi connectivity index (χ4v) is 3.06. The van der Waals surface area contributed by atoms with Gasteiger partial charge in [0.2, 0.25) is 0 Å². The summed E-state index contributed by atoms with van der Waals surface area (Å²) < 4.78 is 38.6. The van der Waals surface area contributed by atoms with Crippen molar-refractivity contribution in [2.45, 2.75) is 25.1 Å². The Balaban J connectivity index is 2.27. The van der Waals surface area contributed by atoms with Gasteiger partial charge >= 0.3 is 6.18 Å². The van der Waals surface area contributed by atoms with E-state index in [1.807, 2.05) is 0 Å². The standard InChI is InChI=1S/C14H16BrF3N2O/c1-19-8-10-3-2-6-20(10)13(21)9-4-5-12(15)11(7-9)14(16,17)18/h4-5,7,10,19H,2-3,6,8H2,1H3. The number of nitrogens with zero attached hydrogens (tertiary/aromatic N) is 1. The third kappa shape index (κ3) is 3.58. The summed E-state index contributed by atoms with van der Waals surface area (Å²) in [4.78, 5) is 14.1. The summed E-state index contributed by atoms with van der Waals surface area (Å²) >= 11 is 2.88. The molecule has 0 saturated carbocycles. The van der Waals surface area contributed by atoms with Gasteiger partial charge in [-0.1, -0.05) is 15.9 Å². The molecular weight excluding hydrogens is 349 g/mol. The highest BCUT2D eigenvalue weighted by Crippen LogP contribution is 2.35. The molecule has 7 heteroatoms. The van der Waals surface area contributed by atoms with Gasteiger partial charge in [0, 0.05) is 29.2 Å². The molecule has 2 rings (SSSR count). The van der Waals surface area contributed by atoms with Gasteiger partial charge < -0.3 is 10.2 Å². The highest BCUT2D eigenvalue weighted by molar-refractivity contribution is 9.10. The van der Waals surface area contributed by atoms with E-state index in [0.29, 0.717) is 13.1 Å². The molecule has 1 heterocycles. The van der Waals surface area contributed by atoms with Gasteiger partial charge in [0.25, 0.3) is 5.91 Å². The van der Waals surface area contributed by atoms with Gasteiger partial charge in [-0.05, 0) is 38.1 Å². The molecular formula is C14H16BrF3N2O. The Labute approximate surface area is 129 Å². The number of nitrogens with one attached hydrogen (secondary N) is 1. The average molecular weight is 365 g/mol. The Bertz CT molecular complexity index is 533. The first-order valence-electron chi connectivity index (χ1n) is 6.67. The first-order valence-corrected chi connectivity index (χ1v) is 7.46. The number of carbonyl (C=O) groups is 1. The number of likely N-dealkylation sites (tertiary alicyclic amines) is 1. The molecule has 1 aromatic rings. The lowest BCUT2D eigenvalue weighted by atomic mass is 10.1. The zero-order chi connectivity index (χ0) is 15.6. The number of hydrogen-bond donors (Lipinski definition) is 1. The molecule has 1 saturated heterocycles. The summed E-state index contributed by atoms with van der Waals surface area (Å²) in [6.45, 7) is 1.23. The van der Waals surface area contributed by atoms with Crippen LogP contribution in [0.3, 0.4) is 0 Å². The molecule has 0 radical (unpaired) electrons. The van der Waals surface area contributed by atoms with Gasteiger partial charge in [-0.3, -0.25) is 4.79 Å². The quantitative estimate of drug-likeness (QED) is 0.892.